The zero-order chi connectivity index (χ0) is 15.4. The predicted molar refractivity (Wildman–Crippen MR) is 104 cm³/mol. The van der Waals surface area contributed by atoms with Gasteiger partial charge in [0.25, 0.3) is 0 Å². The van der Waals surface area contributed by atoms with E-state index in [2.05, 4.69) is 19.2 Å². The number of hydrogen-bond donors (Lipinski definition) is 2. The SMILES string of the molecule is C.C.[B]c1c([B])c2c(c([B])c1O)CCC2(C)C[C@@]1(C)CCCN1. The fourth-order valence-corrected chi connectivity index (χ4v) is 4.47. The Morgan fingerprint density at radius 1 is 1.04 bits per heavy atom. The largest absolute Gasteiger partial charge is 0.509 e. The van der Waals surface area contributed by atoms with Crippen molar-refractivity contribution in [3.05, 3.63) is 11.1 Å². The van der Waals surface area contributed by atoms with E-state index in [1.54, 1.807) is 0 Å². The molecule has 1 aliphatic carbocycles. The van der Waals surface area contributed by atoms with Crippen molar-refractivity contribution in [1.82, 2.24) is 5.32 Å². The summed E-state index contributed by atoms with van der Waals surface area (Å²) in [5.74, 6) is -0.0549. The maximum atomic E-state index is 10.0. The topological polar surface area (TPSA) is 32.3 Å². The van der Waals surface area contributed by atoms with Crippen LogP contribution in [0.1, 0.15) is 65.5 Å². The molecule has 0 saturated carbocycles. The first kappa shape index (κ1) is 20.2. The molecule has 2 N–H and O–H groups in total. The smallest absolute Gasteiger partial charge is 0.119 e. The molecule has 0 amide bonds. The number of phenolic OH excluding ortho intramolecular Hbond substituents is 1. The van der Waals surface area contributed by atoms with Gasteiger partial charge in [-0.1, -0.05) is 38.2 Å². The second-order valence-corrected chi connectivity index (χ2v) is 7.27. The number of nitrogens with one attached hydrogen (secondary N) is 1. The minimum atomic E-state index is -0.0549. The van der Waals surface area contributed by atoms with Crippen molar-refractivity contribution in [1.29, 1.82) is 0 Å². The second-order valence-electron chi connectivity index (χ2n) is 7.27. The summed E-state index contributed by atoms with van der Waals surface area (Å²) in [5, 5.41) is 13.6. The van der Waals surface area contributed by atoms with Crippen LogP contribution in [0.3, 0.4) is 0 Å². The molecule has 3 rings (SSSR count). The van der Waals surface area contributed by atoms with Crippen molar-refractivity contribution in [3.8, 4) is 5.75 Å². The van der Waals surface area contributed by atoms with Crippen LogP contribution < -0.4 is 21.7 Å². The highest BCUT2D eigenvalue weighted by Gasteiger charge is 2.43. The zero-order valence-electron chi connectivity index (χ0n) is 12.9. The van der Waals surface area contributed by atoms with E-state index in [0.29, 0.717) is 10.9 Å². The van der Waals surface area contributed by atoms with Gasteiger partial charge in [-0.05, 0) is 62.1 Å². The molecule has 1 aliphatic heterocycles. The van der Waals surface area contributed by atoms with Gasteiger partial charge in [0.1, 0.15) is 29.3 Å². The Morgan fingerprint density at radius 3 is 2.26 bits per heavy atom. The lowest BCUT2D eigenvalue weighted by molar-refractivity contribution is 0.282. The molecule has 120 valence electrons. The standard InChI is InChI=1S/C16H20B3NO.2CH4/c1-15(8-16(2)5-3-7-20-16)6-4-9-10(15)12(18)13(19)14(21)11(9)17;;/h20-21H,3-8H2,1-2H3;2*1H4/t15?,16-;;/m1../s1. The van der Waals surface area contributed by atoms with Crippen LogP contribution in [0.15, 0.2) is 0 Å². The Balaban J connectivity index is 0.00000132. The van der Waals surface area contributed by atoms with Crippen molar-refractivity contribution in [2.45, 2.75) is 71.8 Å². The highest BCUT2D eigenvalue weighted by molar-refractivity contribution is 6.53. The molecule has 1 aromatic rings. The lowest BCUT2D eigenvalue weighted by Gasteiger charge is -2.37. The molecule has 2 aliphatic rings. The second kappa shape index (κ2) is 6.59. The molecular weight excluding hydrogens is 279 g/mol. The minimum absolute atomic E-state index is 0. The van der Waals surface area contributed by atoms with E-state index in [0.717, 1.165) is 36.9 Å². The summed E-state index contributed by atoms with van der Waals surface area (Å²) in [7, 11) is 18.2. The minimum Gasteiger partial charge on any atom is -0.509 e. The Labute approximate surface area is 146 Å². The normalized spacial score (nSPS) is 28.8. The average Bonchev–Trinajstić information content (AvgIpc) is 2.98. The summed E-state index contributed by atoms with van der Waals surface area (Å²) in [5.41, 5.74) is 3.30. The van der Waals surface area contributed by atoms with E-state index in [1.807, 2.05) is 0 Å². The summed E-state index contributed by atoms with van der Waals surface area (Å²) in [4.78, 5) is 0. The summed E-state index contributed by atoms with van der Waals surface area (Å²) in [6, 6.07) is 0. The molecule has 5 heteroatoms. The molecule has 1 fully saturated rings. The summed E-state index contributed by atoms with van der Waals surface area (Å²) in [6.07, 6.45) is 5.26. The number of aromatic hydroxyl groups is 1. The van der Waals surface area contributed by atoms with Gasteiger partial charge in [-0.15, -0.1) is 0 Å². The van der Waals surface area contributed by atoms with Crippen LogP contribution in [0.25, 0.3) is 0 Å². The molecule has 1 unspecified atom stereocenters. The van der Waals surface area contributed by atoms with Crippen LogP contribution in [0.2, 0.25) is 0 Å². The molecule has 0 aromatic heterocycles. The average molecular weight is 307 g/mol. The fraction of sp³-hybridized carbons (Fsp3) is 0.667. The van der Waals surface area contributed by atoms with Gasteiger partial charge >= 0.3 is 0 Å². The van der Waals surface area contributed by atoms with E-state index in [-0.39, 0.29) is 37.0 Å². The zero-order valence-corrected chi connectivity index (χ0v) is 12.9. The van der Waals surface area contributed by atoms with Gasteiger partial charge < -0.3 is 10.4 Å². The van der Waals surface area contributed by atoms with Crippen molar-refractivity contribution in [2.75, 3.05) is 6.54 Å². The Hall–Kier alpha value is -0.825. The van der Waals surface area contributed by atoms with Crippen LogP contribution >= 0.6 is 0 Å². The number of fused-ring (bicyclic) bond motifs is 1. The lowest BCUT2D eigenvalue weighted by Crippen LogP contribution is -2.45. The fourth-order valence-electron chi connectivity index (χ4n) is 4.47. The van der Waals surface area contributed by atoms with Crippen LogP contribution in [-0.2, 0) is 11.8 Å². The van der Waals surface area contributed by atoms with E-state index >= 15 is 0 Å². The third-order valence-electron chi connectivity index (χ3n) is 5.46. The van der Waals surface area contributed by atoms with Crippen molar-refractivity contribution < 1.29 is 5.11 Å². The molecule has 1 saturated heterocycles. The molecular formula is C18H28B3NO. The highest BCUT2D eigenvalue weighted by Crippen LogP contribution is 2.44. The van der Waals surface area contributed by atoms with Gasteiger partial charge in [-0.3, -0.25) is 0 Å². The molecule has 2 atom stereocenters. The van der Waals surface area contributed by atoms with Crippen LogP contribution in [0.4, 0.5) is 0 Å². The predicted octanol–water partition coefficient (Wildman–Crippen LogP) is 0.782. The van der Waals surface area contributed by atoms with Gasteiger partial charge in [0, 0.05) is 5.54 Å². The summed E-state index contributed by atoms with van der Waals surface area (Å²) >= 11 is 0. The highest BCUT2D eigenvalue weighted by atomic mass is 16.3. The number of rotatable bonds is 2. The molecule has 0 bridgehead atoms. The van der Waals surface area contributed by atoms with E-state index < -0.39 is 0 Å². The molecule has 1 aromatic carbocycles. The lowest BCUT2D eigenvalue weighted by atomic mass is 9.64. The summed E-state index contributed by atoms with van der Waals surface area (Å²) < 4.78 is 0. The molecule has 1 heterocycles. The van der Waals surface area contributed by atoms with Gasteiger partial charge in [0.05, 0.1) is 0 Å². The number of phenols is 1. The first-order valence-corrected chi connectivity index (χ1v) is 7.71. The maximum Gasteiger partial charge on any atom is 0.119 e. The van der Waals surface area contributed by atoms with Crippen molar-refractivity contribution >= 4 is 39.9 Å². The van der Waals surface area contributed by atoms with E-state index in [4.69, 9.17) is 23.5 Å². The van der Waals surface area contributed by atoms with E-state index in [9.17, 15) is 5.11 Å². The first-order valence-electron chi connectivity index (χ1n) is 7.71. The number of benzene rings is 1. The third kappa shape index (κ3) is 3.09. The first-order chi connectivity index (χ1) is 9.77. The summed E-state index contributed by atoms with van der Waals surface area (Å²) in [6.45, 7) is 5.61. The van der Waals surface area contributed by atoms with Gasteiger partial charge in [0.15, 0.2) is 0 Å². The molecule has 6 radical (unpaired) electrons. The van der Waals surface area contributed by atoms with Crippen molar-refractivity contribution in [3.63, 3.8) is 0 Å². The van der Waals surface area contributed by atoms with Gasteiger partial charge in [0.2, 0.25) is 0 Å². The van der Waals surface area contributed by atoms with Gasteiger partial charge in [-0.2, -0.15) is 0 Å². The van der Waals surface area contributed by atoms with Crippen LogP contribution in [0, 0.1) is 0 Å². The van der Waals surface area contributed by atoms with E-state index in [1.165, 1.54) is 12.8 Å². The van der Waals surface area contributed by atoms with Crippen molar-refractivity contribution in [2.24, 2.45) is 0 Å². The monoisotopic (exact) mass is 307 g/mol. The quantitative estimate of drug-likeness (QED) is 0.792. The number of hydrogen-bond acceptors (Lipinski definition) is 2. The van der Waals surface area contributed by atoms with Crippen LogP contribution in [0.5, 0.6) is 5.75 Å². The Kier molecular flexibility index (Phi) is 5.79. The Morgan fingerprint density at radius 2 is 1.70 bits per heavy atom. The molecule has 0 spiro atoms. The third-order valence-corrected chi connectivity index (χ3v) is 5.46. The molecule has 23 heavy (non-hydrogen) atoms. The molecule has 2 nitrogen and oxygen atoms in total. The van der Waals surface area contributed by atoms with Crippen LogP contribution in [-0.4, -0.2) is 40.7 Å². The van der Waals surface area contributed by atoms with Gasteiger partial charge in [-0.25, -0.2) is 0 Å². The maximum absolute atomic E-state index is 10.0. The Bertz CT molecular complexity index is 597.